The highest BCUT2D eigenvalue weighted by atomic mass is 127. The third kappa shape index (κ3) is 8.68. The second-order valence-electron chi connectivity index (χ2n) is 7.72. The Balaban J connectivity index is 0.00000300. The number of halogens is 1. The zero-order valence-corrected chi connectivity index (χ0v) is 20.0. The van der Waals surface area contributed by atoms with Crippen molar-refractivity contribution in [3.05, 3.63) is 30.3 Å². The van der Waals surface area contributed by atoms with E-state index in [0.717, 1.165) is 84.1 Å². The molecular weight excluding hydrogens is 479 g/mol. The minimum atomic E-state index is 0. The summed E-state index contributed by atoms with van der Waals surface area (Å²) in [6.45, 7) is 6.50. The van der Waals surface area contributed by atoms with Gasteiger partial charge in [-0.2, -0.15) is 0 Å². The summed E-state index contributed by atoms with van der Waals surface area (Å²) in [4.78, 5) is 6.84. The van der Waals surface area contributed by atoms with Gasteiger partial charge in [-0.3, -0.25) is 4.99 Å². The molecule has 7 heteroatoms. The van der Waals surface area contributed by atoms with Gasteiger partial charge in [-0.25, -0.2) is 0 Å². The van der Waals surface area contributed by atoms with E-state index < -0.39 is 0 Å². The lowest BCUT2D eigenvalue weighted by molar-refractivity contribution is 0.0203. The summed E-state index contributed by atoms with van der Waals surface area (Å²) in [5.41, 5.74) is 1.32. The van der Waals surface area contributed by atoms with Crippen LogP contribution in [0.15, 0.2) is 35.3 Å². The van der Waals surface area contributed by atoms with E-state index in [1.807, 2.05) is 7.05 Å². The first-order chi connectivity index (χ1) is 13.8. The Bertz CT molecular complexity index is 573. The second kappa shape index (κ2) is 14.0. The quantitative estimate of drug-likeness (QED) is 0.241. The van der Waals surface area contributed by atoms with Crippen LogP contribution < -0.4 is 15.5 Å². The van der Waals surface area contributed by atoms with Crippen molar-refractivity contribution in [1.29, 1.82) is 0 Å². The van der Waals surface area contributed by atoms with Crippen LogP contribution in [0.1, 0.15) is 32.1 Å². The van der Waals surface area contributed by atoms with Gasteiger partial charge in [0.1, 0.15) is 0 Å². The van der Waals surface area contributed by atoms with Crippen molar-refractivity contribution in [2.45, 2.75) is 38.1 Å². The average Bonchev–Trinajstić information content (AvgIpc) is 2.77. The van der Waals surface area contributed by atoms with Gasteiger partial charge in [0.25, 0.3) is 0 Å². The first-order valence-electron chi connectivity index (χ1n) is 10.8. The molecular formula is C22H37IN4O2. The number of nitrogens with one attached hydrogen (secondary N) is 2. The minimum Gasteiger partial charge on any atom is -0.381 e. The van der Waals surface area contributed by atoms with Crippen molar-refractivity contribution in [2.24, 2.45) is 10.9 Å². The van der Waals surface area contributed by atoms with E-state index in [4.69, 9.17) is 9.47 Å². The molecule has 29 heavy (non-hydrogen) atoms. The molecule has 2 fully saturated rings. The number of hydrogen-bond acceptors (Lipinski definition) is 4. The summed E-state index contributed by atoms with van der Waals surface area (Å²) < 4.78 is 11.2. The molecule has 0 spiro atoms. The van der Waals surface area contributed by atoms with E-state index in [9.17, 15) is 0 Å². The topological polar surface area (TPSA) is 58.1 Å². The molecule has 6 nitrogen and oxygen atoms in total. The fraction of sp³-hybridized carbons (Fsp3) is 0.682. The number of guanidine groups is 1. The maximum atomic E-state index is 5.83. The molecule has 0 saturated carbocycles. The molecule has 1 aromatic rings. The van der Waals surface area contributed by atoms with Crippen molar-refractivity contribution < 1.29 is 9.47 Å². The van der Waals surface area contributed by atoms with Crippen molar-refractivity contribution in [1.82, 2.24) is 10.6 Å². The van der Waals surface area contributed by atoms with Gasteiger partial charge < -0.3 is 25.0 Å². The molecule has 0 radical (unpaired) electrons. The van der Waals surface area contributed by atoms with Crippen molar-refractivity contribution in [2.75, 3.05) is 58.0 Å². The van der Waals surface area contributed by atoms with Gasteiger partial charge in [0, 0.05) is 64.8 Å². The van der Waals surface area contributed by atoms with Crippen molar-refractivity contribution >= 4 is 35.6 Å². The SMILES string of the molecule is CN=C(NCCCOCC1CCOCC1)NC1CCN(c2ccccc2)CC1.I. The summed E-state index contributed by atoms with van der Waals surface area (Å²) in [6, 6.07) is 11.2. The molecule has 0 bridgehead atoms. The van der Waals surface area contributed by atoms with Gasteiger partial charge in [0.2, 0.25) is 0 Å². The van der Waals surface area contributed by atoms with E-state index in [0.29, 0.717) is 12.0 Å². The lowest BCUT2D eigenvalue weighted by Crippen LogP contribution is -2.49. The van der Waals surface area contributed by atoms with Crippen molar-refractivity contribution in [3.63, 3.8) is 0 Å². The van der Waals surface area contributed by atoms with E-state index >= 15 is 0 Å². The maximum absolute atomic E-state index is 5.83. The van der Waals surface area contributed by atoms with Gasteiger partial charge in [-0.1, -0.05) is 18.2 Å². The van der Waals surface area contributed by atoms with Crippen LogP contribution in [0.4, 0.5) is 5.69 Å². The monoisotopic (exact) mass is 516 g/mol. The van der Waals surface area contributed by atoms with Gasteiger partial charge >= 0.3 is 0 Å². The fourth-order valence-corrected chi connectivity index (χ4v) is 3.85. The van der Waals surface area contributed by atoms with Gasteiger partial charge in [-0.05, 0) is 50.2 Å². The maximum Gasteiger partial charge on any atom is 0.191 e. The highest BCUT2D eigenvalue weighted by Gasteiger charge is 2.20. The summed E-state index contributed by atoms with van der Waals surface area (Å²) in [5.74, 6) is 1.58. The molecule has 0 atom stereocenters. The first kappa shape index (κ1) is 24.2. The van der Waals surface area contributed by atoms with Crippen LogP contribution in [0.25, 0.3) is 0 Å². The molecule has 0 aliphatic carbocycles. The van der Waals surface area contributed by atoms with E-state index in [-0.39, 0.29) is 24.0 Å². The standard InChI is InChI=1S/C22H36N4O2.HI/c1-23-22(24-12-5-15-28-18-19-10-16-27-17-11-19)25-20-8-13-26(14-9-20)21-6-3-2-4-7-21;/h2-4,6-7,19-20H,5,8-18H2,1H3,(H2,23,24,25);1H. The van der Waals surface area contributed by atoms with Gasteiger partial charge in [0.15, 0.2) is 5.96 Å². The fourth-order valence-electron chi connectivity index (χ4n) is 3.85. The molecule has 0 aromatic heterocycles. The van der Waals surface area contributed by atoms with Crippen LogP contribution in [-0.2, 0) is 9.47 Å². The summed E-state index contributed by atoms with van der Waals surface area (Å²) in [5, 5.41) is 7.00. The molecule has 1 aromatic carbocycles. The lowest BCUT2D eigenvalue weighted by Gasteiger charge is -2.34. The number of rotatable bonds is 8. The molecule has 0 unspecified atom stereocenters. The Kier molecular flexibility index (Phi) is 11.7. The summed E-state index contributed by atoms with van der Waals surface area (Å²) in [6.07, 6.45) is 5.53. The first-order valence-corrected chi connectivity index (χ1v) is 10.8. The Morgan fingerprint density at radius 1 is 1.14 bits per heavy atom. The highest BCUT2D eigenvalue weighted by molar-refractivity contribution is 14.0. The lowest BCUT2D eigenvalue weighted by atomic mass is 10.0. The van der Waals surface area contributed by atoms with Gasteiger partial charge in [0.05, 0.1) is 0 Å². The van der Waals surface area contributed by atoms with E-state index in [1.54, 1.807) is 0 Å². The van der Waals surface area contributed by atoms with Crippen LogP contribution in [0.2, 0.25) is 0 Å². The number of para-hydroxylation sites is 1. The molecule has 0 amide bonds. The number of nitrogens with zero attached hydrogens (tertiary/aromatic N) is 2. The van der Waals surface area contributed by atoms with E-state index in [2.05, 4.69) is 50.9 Å². The highest BCUT2D eigenvalue weighted by Crippen LogP contribution is 2.19. The Morgan fingerprint density at radius 3 is 2.55 bits per heavy atom. The third-order valence-corrected chi connectivity index (χ3v) is 5.63. The number of aliphatic imine (C=N–C) groups is 1. The molecule has 2 N–H and O–H groups in total. The number of anilines is 1. The molecule has 2 aliphatic rings. The molecule has 2 saturated heterocycles. The molecule has 2 aliphatic heterocycles. The van der Waals surface area contributed by atoms with Crippen LogP contribution >= 0.6 is 24.0 Å². The molecule has 164 valence electrons. The Hall–Kier alpha value is -1.06. The van der Waals surface area contributed by atoms with Crippen LogP contribution in [0, 0.1) is 5.92 Å². The number of piperidine rings is 1. The number of benzene rings is 1. The van der Waals surface area contributed by atoms with Crippen LogP contribution in [0.3, 0.4) is 0 Å². The Labute approximate surface area is 192 Å². The van der Waals surface area contributed by atoms with Crippen molar-refractivity contribution in [3.8, 4) is 0 Å². The smallest absolute Gasteiger partial charge is 0.191 e. The average molecular weight is 516 g/mol. The van der Waals surface area contributed by atoms with E-state index in [1.165, 1.54) is 5.69 Å². The largest absolute Gasteiger partial charge is 0.381 e. The third-order valence-electron chi connectivity index (χ3n) is 5.63. The van der Waals surface area contributed by atoms with Crippen LogP contribution in [-0.4, -0.2) is 65.1 Å². The Morgan fingerprint density at radius 2 is 1.86 bits per heavy atom. The predicted octanol–water partition coefficient (Wildman–Crippen LogP) is 3.27. The number of ether oxygens (including phenoxy) is 2. The zero-order chi connectivity index (χ0) is 19.4. The van der Waals surface area contributed by atoms with Gasteiger partial charge in [-0.15, -0.1) is 24.0 Å². The zero-order valence-electron chi connectivity index (χ0n) is 17.6. The molecule has 3 rings (SSSR count). The minimum absolute atomic E-state index is 0. The normalized spacial score (nSPS) is 18.9. The number of hydrogen-bond donors (Lipinski definition) is 2. The predicted molar refractivity (Wildman–Crippen MR) is 131 cm³/mol. The summed E-state index contributed by atoms with van der Waals surface area (Å²) >= 11 is 0. The molecule has 2 heterocycles. The van der Waals surface area contributed by atoms with Crippen LogP contribution in [0.5, 0.6) is 0 Å². The summed E-state index contributed by atoms with van der Waals surface area (Å²) in [7, 11) is 1.84. The second-order valence-corrected chi connectivity index (χ2v) is 7.72.